The van der Waals surface area contributed by atoms with Crippen molar-refractivity contribution in [2.45, 2.75) is 20.5 Å². The number of halogens is 2. The van der Waals surface area contributed by atoms with E-state index in [-0.39, 0.29) is 17.5 Å². The first-order valence-electron chi connectivity index (χ1n) is 11.1. The lowest BCUT2D eigenvalue weighted by molar-refractivity contribution is -0.129. The van der Waals surface area contributed by atoms with Gasteiger partial charge in [-0.3, -0.25) is 4.79 Å². The summed E-state index contributed by atoms with van der Waals surface area (Å²) >= 11 is 9.62. The molecule has 36 heavy (non-hydrogen) atoms. The Morgan fingerprint density at radius 2 is 1.92 bits per heavy atom. The molecule has 0 saturated carbocycles. The monoisotopic (exact) mass is 568 g/mol. The number of esters is 1. The van der Waals surface area contributed by atoms with Gasteiger partial charge in [0.1, 0.15) is 6.61 Å². The number of aliphatic imine (C=N–C) groups is 1. The quantitative estimate of drug-likeness (QED) is 0.251. The predicted octanol–water partition coefficient (Wildman–Crippen LogP) is 6.38. The van der Waals surface area contributed by atoms with Crippen molar-refractivity contribution in [1.82, 2.24) is 0 Å². The zero-order chi connectivity index (χ0) is 25.7. The van der Waals surface area contributed by atoms with E-state index in [1.807, 2.05) is 31.2 Å². The molecule has 0 aromatic heterocycles. The molecular formula is C27H22BrClN2O5. The number of anilines is 1. The number of nitrogens with one attached hydrogen (secondary N) is 1. The van der Waals surface area contributed by atoms with E-state index in [1.165, 1.54) is 6.92 Å². The van der Waals surface area contributed by atoms with Crippen LogP contribution in [0.15, 0.2) is 75.8 Å². The van der Waals surface area contributed by atoms with Crippen LogP contribution in [-0.2, 0) is 20.9 Å². The molecular weight excluding hydrogens is 548 g/mol. The van der Waals surface area contributed by atoms with Crippen molar-refractivity contribution in [3.63, 3.8) is 0 Å². The van der Waals surface area contributed by atoms with E-state index in [4.69, 9.17) is 25.8 Å². The fourth-order valence-electron chi connectivity index (χ4n) is 3.45. The van der Waals surface area contributed by atoms with E-state index in [0.717, 1.165) is 5.56 Å². The Kier molecular flexibility index (Phi) is 8.07. The Bertz CT molecular complexity index is 1370. The number of rotatable bonds is 8. The van der Waals surface area contributed by atoms with Crippen LogP contribution >= 0.6 is 27.5 Å². The normalized spacial score (nSPS) is 13.8. The summed E-state index contributed by atoms with van der Waals surface area (Å²) in [6.45, 7) is 4.04. The molecule has 184 valence electrons. The zero-order valence-corrected chi connectivity index (χ0v) is 21.9. The van der Waals surface area contributed by atoms with E-state index in [0.29, 0.717) is 51.0 Å². The fourth-order valence-corrected chi connectivity index (χ4v) is 4.23. The predicted molar refractivity (Wildman–Crippen MR) is 142 cm³/mol. The highest BCUT2D eigenvalue weighted by Crippen LogP contribution is 2.38. The first kappa shape index (κ1) is 25.5. The van der Waals surface area contributed by atoms with Crippen LogP contribution in [0, 0.1) is 0 Å². The fraction of sp³-hybridized carbons (Fsp3) is 0.148. The third kappa shape index (κ3) is 6.33. The number of cyclic esters (lactones) is 1. The van der Waals surface area contributed by atoms with Gasteiger partial charge in [-0.2, -0.15) is 0 Å². The molecule has 3 aromatic rings. The van der Waals surface area contributed by atoms with E-state index in [9.17, 15) is 9.59 Å². The molecule has 1 heterocycles. The number of ether oxygens (including phenoxy) is 3. The van der Waals surface area contributed by atoms with Gasteiger partial charge >= 0.3 is 5.97 Å². The molecule has 1 aliphatic rings. The number of carbonyl (C=O) groups excluding carboxylic acids is 2. The first-order chi connectivity index (χ1) is 17.3. The summed E-state index contributed by atoms with van der Waals surface area (Å²) in [6, 6.07) is 17.9. The number of amides is 1. The number of hydrogen-bond acceptors (Lipinski definition) is 6. The molecule has 0 aliphatic carbocycles. The van der Waals surface area contributed by atoms with Gasteiger partial charge in [-0.1, -0.05) is 23.7 Å². The maximum atomic E-state index is 12.5. The molecule has 9 heteroatoms. The third-order valence-corrected chi connectivity index (χ3v) is 5.80. The smallest absolute Gasteiger partial charge is 0.363 e. The van der Waals surface area contributed by atoms with Crippen molar-refractivity contribution in [3.05, 3.63) is 92.5 Å². The van der Waals surface area contributed by atoms with E-state index >= 15 is 0 Å². The van der Waals surface area contributed by atoms with E-state index < -0.39 is 5.97 Å². The Hall–Kier alpha value is -3.62. The molecule has 1 N–H and O–H groups in total. The van der Waals surface area contributed by atoms with E-state index in [2.05, 4.69) is 26.2 Å². The van der Waals surface area contributed by atoms with Gasteiger partial charge in [-0.05, 0) is 88.6 Å². The van der Waals surface area contributed by atoms with Gasteiger partial charge in [0.25, 0.3) is 0 Å². The second-order valence-electron chi connectivity index (χ2n) is 7.78. The Labute approximate surface area is 221 Å². The highest BCUT2D eigenvalue weighted by atomic mass is 79.9. The Balaban J connectivity index is 1.57. The van der Waals surface area contributed by atoms with Crippen LogP contribution in [0.2, 0.25) is 5.02 Å². The van der Waals surface area contributed by atoms with E-state index in [1.54, 1.807) is 42.5 Å². The van der Waals surface area contributed by atoms with Gasteiger partial charge in [0.2, 0.25) is 11.8 Å². The van der Waals surface area contributed by atoms with Gasteiger partial charge < -0.3 is 19.5 Å². The molecule has 4 rings (SSSR count). The van der Waals surface area contributed by atoms with Crippen molar-refractivity contribution in [2.75, 3.05) is 11.9 Å². The topological polar surface area (TPSA) is 86.2 Å². The summed E-state index contributed by atoms with van der Waals surface area (Å²) in [4.78, 5) is 28.0. The molecule has 0 unspecified atom stereocenters. The Morgan fingerprint density at radius 1 is 1.14 bits per heavy atom. The van der Waals surface area contributed by atoms with Crippen LogP contribution in [-0.4, -0.2) is 24.4 Å². The molecule has 1 amide bonds. The van der Waals surface area contributed by atoms with Gasteiger partial charge in [0, 0.05) is 23.2 Å². The molecule has 0 atom stereocenters. The van der Waals surface area contributed by atoms with Crippen LogP contribution in [0.3, 0.4) is 0 Å². The van der Waals surface area contributed by atoms with Gasteiger partial charge in [0.05, 0.1) is 11.1 Å². The van der Waals surface area contributed by atoms with Crippen LogP contribution in [0.1, 0.15) is 30.5 Å². The standard InChI is InChI=1S/C27H22BrClN2O5/c1-3-34-24-14-18(12-22(28)25(24)35-15-17-5-4-6-20(29)11-17)13-23-27(33)36-26(31-23)19-7-9-21(10-8-19)30-16(2)32/h4-14H,3,15H2,1-2H3,(H,30,32)/b23-13-. The molecule has 0 fully saturated rings. The summed E-state index contributed by atoms with van der Waals surface area (Å²) in [5, 5.41) is 3.32. The van der Waals surface area contributed by atoms with Crippen molar-refractivity contribution in [3.8, 4) is 11.5 Å². The van der Waals surface area contributed by atoms with Crippen LogP contribution in [0.4, 0.5) is 5.69 Å². The highest BCUT2D eigenvalue weighted by molar-refractivity contribution is 9.10. The van der Waals surface area contributed by atoms with Crippen LogP contribution in [0.25, 0.3) is 6.08 Å². The minimum atomic E-state index is -0.564. The number of benzene rings is 3. The van der Waals surface area contributed by atoms with Crippen LogP contribution in [0.5, 0.6) is 11.5 Å². The van der Waals surface area contributed by atoms with Crippen molar-refractivity contribution in [2.24, 2.45) is 4.99 Å². The van der Waals surface area contributed by atoms with Gasteiger partial charge in [-0.25, -0.2) is 9.79 Å². The minimum absolute atomic E-state index is 0.151. The molecule has 0 saturated heterocycles. The molecule has 0 bridgehead atoms. The van der Waals surface area contributed by atoms with Crippen LogP contribution < -0.4 is 14.8 Å². The second kappa shape index (κ2) is 11.4. The van der Waals surface area contributed by atoms with Crippen molar-refractivity contribution >= 4 is 57.1 Å². The lowest BCUT2D eigenvalue weighted by Gasteiger charge is -2.15. The number of nitrogens with zero attached hydrogens (tertiary/aromatic N) is 1. The summed E-state index contributed by atoms with van der Waals surface area (Å²) in [6.07, 6.45) is 1.62. The molecule has 0 radical (unpaired) electrons. The zero-order valence-electron chi connectivity index (χ0n) is 19.5. The van der Waals surface area contributed by atoms with Gasteiger partial charge in [-0.15, -0.1) is 0 Å². The van der Waals surface area contributed by atoms with Gasteiger partial charge in [0.15, 0.2) is 17.2 Å². The summed E-state index contributed by atoms with van der Waals surface area (Å²) in [7, 11) is 0. The van der Waals surface area contributed by atoms with Crippen molar-refractivity contribution in [1.29, 1.82) is 0 Å². The lowest BCUT2D eigenvalue weighted by Crippen LogP contribution is -2.07. The average molecular weight is 570 g/mol. The summed E-state index contributed by atoms with van der Waals surface area (Å²) in [5.41, 5.74) is 3.00. The maximum Gasteiger partial charge on any atom is 0.363 e. The molecule has 7 nitrogen and oxygen atoms in total. The Morgan fingerprint density at radius 3 is 2.61 bits per heavy atom. The SMILES string of the molecule is CCOc1cc(/C=C2\N=C(c3ccc(NC(C)=O)cc3)OC2=O)cc(Br)c1OCc1cccc(Cl)c1. The minimum Gasteiger partial charge on any atom is -0.490 e. The number of hydrogen-bond donors (Lipinski definition) is 1. The molecule has 3 aromatic carbocycles. The maximum absolute atomic E-state index is 12.5. The largest absolute Gasteiger partial charge is 0.490 e. The lowest BCUT2D eigenvalue weighted by atomic mass is 10.1. The van der Waals surface area contributed by atoms with Crippen molar-refractivity contribution < 1.29 is 23.8 Å². The highest BCUT2D eigenvalue weighted by Gasteiger charge is 2.24. The number of carbonyl (C=O) groups is 2. The molecule has 0 spiro atoms. The molecule has 1 aliphatic heterocycles. The second-order valence-corrected chi connectivity index (χ2v) is 9.07. The third-order valence-electron chi connectivity index (χ3n) is 4.98. The summed E-state index contributed by atoms with van der Waals surface area (Å²) < 4.78 is 17.8. The summed E-state index contributed by atoms with van der Waals surface area (Å²) in [5.74, 6) is 0.509. The average Bonchev–Trinajstić information content (AvgIpc) is 3.19. The first-order valence-corrected chi connectivity index (χ1v) is 12.2.